The average molecular weight is 172 g/mol. The van der Waals surface area contributed by atoms with E-state index in [4.69, 9.17) is 15.2 Å². The summed E-state index contributed by atoms with van der Waals surface area (Å²) in [5.74, 6) is 0. The maximum Gasteiger partial charge on any atom is 0.0976 e. The van der Waals surface area contributed by atoms with Crippen LogP contribution in [0.5, 0.6) is 0 Å². The fraction of sp³-hybridized carbons (Fsp3) is 1.00. The van der Waals surface area contributed by atoms with E-state index in [1.807, 2.05) is 0 Å². The van der Waals surface area contributed by atoms with E-state index in [1.54, 1.807) is 0 Å². The van der Waals surface area contributed by atoms with Crippen LogP contribution in [0, 0.1) is 0 Å². The van der Waals surface area contributed by atoms with Gasteiger partial charge in [0.2, 0.25) is 0 Å². The van der Waals surface area contributed by atoms with Crippen molar-refractivity contribution in [2.45, 2.75) is 18.2 Å². The van der Waals surface area contributed by atoms with E-state index in [0.717, 1.165) is 13.1 Å². The number of nitrogens with zero attached hydrogens (tertiary/aromatic N) is 1. The van der Waals surface area contributed by atoms with Crippen LogP contribution in [0.15, 0.2) is 0 Å². The third-order valence-corrected chi connectivity index (χ3v) is 2.45. The van der Waals surface area contributed by atoms with Crippen molar-refractivity contribution >= 4 is 0 Å². The van der Waals surface area contributed by atoms with Crippen molar-refractivity contribution in [2.24, 2.45) is 5.73 Å². The van der Waals surface area contributed by atoms with E-state index >= 15 is 0 Å². The molecule has 0 radical (unpaired) electrons. The molecule has 4 nitrogen and oxygen atoms in total. The molecule has 12 heavy (non-hydrogen) atoms. The lowest BCUT2D eigenvalue weighted by Gasteiger charge is -2.13. The minimum atomic E-state index is 0.0564. The summed E-state index contributed by atoms with van der Waals surface area (Å²) in [6.07, 6.45) is 0.479. The summed E-state index contributed by atoms with van der Waals surface area (Å²) >= 11 is 0. The van der Waals surface area contributed by atoms with Gasteiger partial charge in [-0.25, -0.2) is 0 Å². The Morgan fingerprint density at radius 1 is 1.17 bits per heavy atom. The maximum atomic E-state index is 5.71. The van der Waals surface area contributed by atoms with Crippen LogP contribution < -0.4 is 5.73 Å². The Bertz CT molecular complexity index is 149. The minimum absolute atomic E-state index is 0.0564. The van der Waals surface area contributed by atoms with E-state index in [9.17, 15) is 0 Å². The number of hydrogen-bond donors (Lipinski definition) is 1. The number of nitrogens with two attached hydrogens (primary N) is 1. The summed E-state index contributed by atoms with van der Waals surface area (Å²) in [5, 5.41) is 0. The maximum absolute atomic E-state index is 5.71. The molecule has 2 atom stereocenters. The van der Waals surface area contributed by atoms with Crippen molar-refractivity contribution in [3.63, 3.8) is 0 Å². The van der Waals surface area contributed by atoms with Crippen LogP contribution in [-0.4, -0.2) is 56.5 Å². The van der Waals surface area contributed by atoms with Gasteiger partial charge < -0.3 is 20.1 Å². The zero-order chi connectivity index (χ0) is 8.55. The average Bonchev–Trinajstić information content (AvgIpc) is 2.31. The van der Waals surface area contributed by atoms with Crippen LogP contribution in [0.3, 0.4) is 0 Å². The highest BCUT2D eigenvalue weighted by Gasteiger charge is 2.34. The van der Waals surface area contributed by atoms with Gasteiger partial charge in [-0.3, -0.25) is 0 Å². The Kier molecular flexibility index (Phi) is 2.32. The second-order valence-electron chi connectivity index (χ2n) is 3.72. The second-order valence-corrected chi connectivity index (χ2v) is 3.72. The van der Waals surface area contributed by atoms with E-state index in [0.29, 0.717) is 13.2 Å². The monoisotopic (exact) mass is 172 g/mol. The second kappa shape index (κ2) is 3.30. The Hall–Kier alpha value is -0.160. The predicted octanol–water partition coefficient (Wildman–Crippen LogP) is -0.957. The molecule has 70 valence electrons. The molecule has 2 saturated heterocycles. The van der Waals surface area contributed by atoms with Gasteiger partial charge in [-0.15, -0.1) is 0 Å². The highest BCUT2D eigenvalue weighted by Crippen LogP contribution is 2.17. The molecule has 0 spiro atoms. The summed E-state index contributed by atoms with van der Waals surface area (Å²) in [4.78, 5) is 2.23. The zero-order valence-corrected chi connectivity index (χ0v) is 7.40. The molecule has 2 aliphatic heterocycles. The normalized spacial score (nSPS) is 39.5. The molecule has 0 saturated carbocycles. The first-order chi connectivity index (χ1) is 5.75. The van der Waals surface area contributed by atoms with Gasteiger partial charge >= 0.3 is 0 Å². The van der Waals surface area contributed by atoms with Gasteiger partial charge in [-0.05, 0) is 7.05 Å². The standard InChI is InChI=1S/C8H16N2O2/c1-10-2-7-8(3-10)12-5-6(9)4-11-7/h6-8H,2-5,9H2,1H3/t7-,8-/m1/s1. The van der Waals surface area contributed by atoms with Crippen LogP contribution in [0.4, 0.5) is 0 Å². The first kappa shape index (κ1) is 8.44. The van der Waals surface area contributed by atoms with Crippen molar-refractivity contribution < 1.29 is 9.47 Å². The summed E-state index contributed by atoms with van der Waals surface area (Å²) in [6, 6.07) is 0.0564. The Labute approximate surface area is 72.6 Å². The quantitative estimate of drug-likeness (QED) is 0.511. The third kappa shape index (κ3) is 1.61. The molecule has 2 fully saturated rings. The lowest BCUT2D eigenvalue weighted by atomic mass is 10.3. The van der Waals surface area contributed by atoms with Gasteiger partial charge in [-0.2, -0.15) is 0 Å². The number of ether oxygens (including phenoxy) is 2. The van der Waals surface area contributed by atoms with E-state index in [-0.39, 0.29) is 18.2 Å². The van der Waals surface area contributed by atoms with Gasteiger partial charge in [0.1, 0.15) is 0 Å². The molecule has 2 N–H and O–H groups in total. The van der Waals surface area contributed by atoms with Crippen molar-refractivity contribution in [1.82, 2.24) is 4.90 Å². The summed E-state index contributed by atoms with van der Waals surface area (Å²) in [6.45, 7) is 3.21. The summed E-state index contributed by atoms with van der Waals surface area (Å²) < 4.78 is 11.2. The minimum Gasteiger partial charge on any atom is -0.372 e. The highest BCUT2D eigenvalue weighted by molar-refractivity contribution is 4.86. The van der Waals surface area contributed by atoms with Crippen molar-refractivity contribution in [1.29, 1.82) is 0 Å². The van der Waals surface area contributed by atoms with Crippen LogP contribution in [0.25, 0.3) is 0 Å². The summed E-state index contributed by atoms with van der Waals surface area (Å²) in [5.41, 5.74) is 5.71. The molecule has 2 rings (SSSR count). The Morgan fingerprint density at radius 2 is 1.67 bits per heavy atom. The lowest BCUT2D eigenvalue weighted by Crippen LogP contribution is -2.31. The molecule has 4 heteroatoms. The SMILES string of the molecule is CN1C[C@H]2OCC(N)CO[C@@H]2C1. The molecule has 0 aromatic carbocycles. The van der Waals surface area contributed by atoms with Crippen molar-refractivity contribution in [3.8, 4) is 0 Å². The molecule has 2 heterocycles. The smallest absolute Gasteiger partial charge is 0.0976 e. The number of likely N-dealkylation sites (N-methyl/N-ethyl adjacent to an activating group) is 1. The molecule has 0 aromatic heterocycles. The number of rotatable bonds is 0. The van der Waals surface area contributed by atoms with Gasteiger partial charge in [-0.1, -0.05) is 0 Å². The molecular weight excluding hydrogens is 156 g/mol. The highest BCUT2D eigenvalue weighted by atomic mass is 16.6. The molecule has 0 unspecified atom stereocenters. The van der Waals surface area contributed by atoms with E-state index in [1.165, 1.54) is 0 Å². The van der Waals surface area contributed by atoms with Gasteiger partial charge in [0.15, 0.2) is 0 Å². The number of likely N-dealkylation sites (tertiary alicyclic amines) is 1. The first-order valence-corrected chi connectivity index (χ1v) is 4.43. The van der Waals surface area contributed by atoms with Gasteiger partial charge in [0.25, 0.3) is 0 Å². The summed E-state index contributed by atoms with van der Waals surface area (Å²) in [7, 11) is 2.08. The van der Waals surface area contributed by atoms with Crippen LogP contribution in [0.1, 0.15) is 0 Å². The van der Waals surface area contributed by atoms with Crippen LogP contribution >= 0.6 is 0 Å². The largest absolute Gasteiger partial charge is 0.372 e. The Morgan fingerprint density at radius 3 is 2.17 bits per heavy atom. The van der Waals surface area contributed by atoms with Crippen LogP contribution in [-0.2, 0) is 9.47 Å². The van der Waals surface area contributed by atoms with Crippen molar-refractivity contribution in [3.05, 3.63) is 0 Å². The number of fused-ring (bicyclic) bond motifs is 1. The third-order valence-electron chi connectivity index (χ3n) is 2.45. The molecular formula is C8H16N2O2. The zero-order valence-electron chi connectivity index (χ0n) is 7.40. The van der Waals surface area contributed by atoms with Gasteiger partial charge in [0.05, 0.1) is 31.5 Å². The van der Waals surface area contributed by atoms with E-state index in [2.05, 4.69) is 11.9 Å². The molecule has 0 aliphatic carbocycles. The fourth-order valence-electron chi connectivity index (χ4n) is 1.79. The van der Waals surface area contributed by atoms with Crippen LogP contribution in [0.2, 0.25) is 0 Å². The molecule has 0 bridgehead atoms. The predicted molar refractivity (Wildman–Crippen MR) is 45.0 cm³/mol. The molecule has 0 aromatic rings. The number of hydrogen-bond acceptors (Lipinski definition) is 4. The Balaban J connectivity index is 1.95. The molecule has 2 aliphatic rings. The molecule has 0 amide bonds. The first-order valence-electron chi connectivity index (χ1n) is 4.43. The van der Waals surface area contributed by atoms with Gasteiger partial charge in [0, 0.05) is 13.1 Å². The van der Waals surface area contributed by atoms with Crippen molar-refractivity contribution in [2.75, 3.05) is 33.4 Å². The topological polar surface area (TPSA) is 47.7 Å². The fourth-order valence-corrected chi connectivity index (χ4v) is 1.79. The van der Waals surface area contributed by atoms with E-state index < -0.39 is 0 Å². The lowest BCUT2D eigenvalue weighted by molar-refractivity contribution is -0.00461.